The van der Waals surface area contributed by atoms with Gasteiger partial charge in [-0.3, -0.25) is 19.3 Å². The lowest BCUT2D eigenvalue weighted by Crippen LogP contribution is -2.42. The van der Waals surface area contributed by atoms with Gasteiger partial charge in [-0.15, -0.1) is 0 Å². The molecule has 6 nitrogen and oxygen atoms in total. The molecular weight excluding hydrogens is 554 g/mol. The maximum absolute atomic E-state index is 13.7. The minimum absolute atomic E-state index is 0.0650. The first-order valence-electron chi connectivity index (χ1n) is 12.8. The van der Waals surface area contributed by atoms with Crippen molar-refractivity contribution in [2.24, 2.45) is 4.99 Å². The Kier molecular flexibility index (Phi) is 10.3. The number of hydrogen-bond acceptors (Lipinski definition) is 4. The molecule has 0 fully saturated rings. The number of amides is 3. The van der Waals surface area contributed by atoms with E-state index in [1.807, 2.05) is 60.7 Å². The van der Waals surface area contributed by atoms with Gasteiger partial charge in [0.1, 0.15) is 5.57 Å². The van der Waals surface area contributed by atoms with Crippen LogP contribution in [0.15, 0.2) is 132 Å². The fourth-order valence-corrected chi connectivity index (χ4v) is 5.05. The van der Waals surface area contributed by atoms with Crippen molar-refractivity contribution >= 4 is 52.3 Å². The van der Waals surface area contributed by atoms with Crippen molar-refractivity contribution in [1.82, 2.24) is 10.2 Å². The summed E-state index contributed by atoms with van der Waals surface area (Å²) in [7, 11) is 0. The highest BCUT2D eigenvalue weighted by atomic mass is 35.5. The van der Waals surface area contributed by atoms with Crippen molar-refractivity contribution < 1.29 is 14.4 Å². The number of thioether (sulfide) groups is 1. The highest BCUT2D eigenvalue weighted by molar-refractivity contribution is 8.14. The van der Waals surface area contributed by atoms with Crippen LogP contribution in [-0.2, 0) is 14.4 Å². The summed E-state index contributed by atoms with van der Waals surface area (Å²) in [5.74, 6) is -1.57. The van der Waals surface area contributed by atoms with E-state index in [-0.39, 0.29) is 28.4 Å². The van der Waals surface area contributed by atoms with Gasteiger partial charge >= 0.3 is 0 Å². The second kappa shape index (κ2) is 14.3. The van der Waals surface area contributed by atoms with E-state index in [4.69, 9.17) is 11.6 Å². The Balaban J connectivity index is 1.60. The van der Waals surface area contributed by atoms with Gasteiger partial charge in [-0.25, -0.2) is 0 Å². The van der Waals surface area contributed by atoms with E-state index in [2.05, 4.69) is 16.9 Å². The normalized spacial score (nSPS) is 15.0. The molecule has 0 radical (unpaired) electrons. The maximum Gasteiger partial charge on any atom is 0.285 e. The molecular formula is C33H28ClN3O3S. The number of hydrogen-bond donors (Lipinski definition) is 1. The molecule has 206 valence electrons. The molecule has 0 atom stereocenters. The number of nitrogens with one attached hydrogen (secondary N) is 1. The van der Waals surface area contributed by atoms with Gasteiger partial charge in [-0.05, 0) is 47.9 Å². The summed E-state index contributed by atoms with van der Waals surface area (Å²) in [4.78, 5) is 45.5. The summed E-state index contributed by atoms with van der Waals surface area (Å²) in [6, 6.07) is 25.7. The number of rotatable bonds is 9. The van der Waals surface area contributed by atoms with Gasteiger partial charge in [0.15, 0.2) is 5.17 Å². The van der Waals surface area contributed by atoms with Crippen molar-refractivity contribution in [3.05, 3.63) is 149 Å². The average molecular weight is 582 g/mol. The third-order valence-corrected chi connectivity index (χ3v) is 7.28. The predicted molar refractivity (Wildman–Crippen MR) is 167 cm³/mol. The largest absolute Gasteiger partial charge is 0.344 e. The monoisotopic (exact) mass is 581 g/mol. The first kappa shape index (κ1) is 29.5. The molecule has 0 bridgehead atoms. The van der Waals surface area contributed by atoms with E-state index in [1.165, 1.54) is 11.0 Å². The lowest BCUT2D eigenvalue weighted by atomic mass is 9.99. The molecule has 8 heteroatoms. The van der Waals surface area contributed by atoms with E-state index < -0.39 is 11.8 Å². The Morgan fingerprint density at radius 1 is 1.00 bits per heavy atom. The Morgan fingerprint density at radius 3 is 2.17 bits per heavy atom. The van der Waals surface area contributed by atoms with Crippen LogP contribution in [0.2, 0.25) is 5.02 Å². The second-order valence-corrected chi connectivity index (χ2v) is 10.2. The molecule has 3 amide bonds. The zero-order valence-electron chi connectivity index (χ0n) is 22.4. The lowest BCUT2D eigenvalue weighted by molar-refractivity contribution is -0.126. The quantitative estimate of drug-likeness (QED) is 0.173. The van der Waals surface area contributed by atoms with Gasteiger partial charge in [0, 0.05) is 10.7 Å². The van der Waals surface area contributed by atoms with E-state index in [9.17, 15) is 14.4 Å². The van der Waals surface area contributed by atoms with Crippen molar-refractivity contribution in [3.63, 3.8) is 0 Å². The second-order valence-electron chi connectivity index (χ2n) is 8.87. The number of carbonyl (C=O) groups excluding carboxylic acids is 3. The van der Waals surface area contributed by atoms with Crippen LogP contribution in [0.5, 0.6) is 0 Å². The predicted octanol–water partition coefficient (Wildman–Crippen LogP) is 6.73. The number of nitrogens with zero attached hydrogens (tertiary/aromatic N) is 2. The smallest absolute Gasteiger partial charge is 0.285 e. The summed E-state index contributed by atoms with van der Waals surface area (Å²) in [5.41, 5.74) is 2.89. The SMILES string of the molecule is C=C/C=C\C(=C/C)N1C(=O)/C(=C/c2ccc(Cl)cc2)C(=O)N=C1SCC(=O)NC(c1ccccc1)c1ccccc1. The summed E-state index contributed by atoms with van der Waals surface area (Å²) in [6.07, 6.45) is 8.17. The zero-order valence-corrected chi connectivity index (χ0v) is 23.9. The van der Waals surface area contributed by atoms with Crippen molar-refractivity contribution in [2.45, 2.75) is 13.0 Å². The van der Waals surface area contributed by atoms with Crippen molar-refractivity contribution in [1.29, 1.82) is 0 Å². The molecule has 0 saturated carbocycles. The van der Waals surface area contributed by atoms with Gasteiger partial charge in [-0.1, -0.05) is 121 Å². The standard InChI is InChI=1S/C33H28ClN3O3S/c1-3-5-16-27(4-2)37-32(40)28(21-23-17-19-26(34)20-18-23)31(39)36-33(37)41-22-29(38)35-30(24-12-8-6-9-13-24)25-14-10-7-11-15-25/h3-21,30H,1,22H2,2H3,(H,35,38)/b16-5-,27-4+,28-21+. The molecule has 1 aliphatic heterocycles. The number of amidine groups is 1. The van der Waals surface area contributed by atoms with E-state index in [0.29, 0.717) is 16.3 Å². The Hall–Kier alpha value is -4.46. The van der Waals surface area contributed by atoms with Crippen LogP contribution in [0, 0.1) is 0 Å². The number of halogens is 1. The van der Waals surface area contributed by atoms with Gasteiger partial charge in [-0.2, -0.15) is 4.99 Å². The highest BCUT2D eigenvalue weighted by Crippen LogP contribution is 2.27. The molecule has 0 unspecified atom stereocenters. The minimum atomic E-state index is -0.682. The number of benzene rings is 3. The topological polar surface area (TPSA) is 78.8 Å². The number of aliphatic imine (C=N–C) groups is 1. The molecule has 41 heavy (non-hydrogen) atoms. The highest BCUT2D eigenvalue weighted by Gasteiger charge is 2.35. The molecule has 1 heterocycles. The van der Waals surface area contributed by atoms with Crippen LogP contribution in [0.1, 0.15) is 29.7 Å². The van der Waals surface area contributed by atoms with E-state index >= 15 is 0 Å². The van der Waals surface area contributed by atoms with Crippen LogP contribution in [0.3, 0.4) is 0 Å². The third kappa shape index (κ3) is 7.60. The number of carbonyl (C=O) groups is 3. The summed E-state index contributed by atoms with van der Waals surface area (Å²) >= 11 is 7.00. The molecule has 3 aromatic rings. The molecule has 4 rings (SSSR count). The Labute approximate surface area is 248 Å². The average Bonchev–Trinajstić information content (AvgIpc) is 3.00. The van der Waals surface area contributed by atoms with Crippen LogP contribution in [0.4, 0.5) is 0 Å². The van der Waals surface area contributed by atoms with Crippen molar-refractivity contribution in [2.75, 3.05) is 5.75 Å². The molecule has 0 aliphatic carbocycles. The molecule has 0 spiro atoms. The van der Waals surface area contributed by atoms with Crippen LogP contribution < -0.4 is 5.32 Å². The first-order chi connectivity index (χ1) is 19.9. The third-order valence-electron chi connectivity index (χ3n) is 6.09. The van der Waals surface area contributed by atoms with Gasteiger partial charge in [0.2, 0.25) is 5.91 Å². The fourth-order valence-electron chi connectivity index (χ4n) is 4.12. The van der Waals surface area contributed by atoms with Crippen LogP contribution in [-0.4, -0.2) is 33.5 Å². The van der Waals surface area contributed by atoms with Gasteiger partial charge in [0.25, 0.3) is 11.8 Å². The van der Waals surface area contributed by atoms with Crippen LogP contribution in [0.25, 0.3) is 6.08 Å². The molecule has 1 aliphatic rings. The Morgan fingerprint density at radius 2 is 1.61 bits per heavy atom. The maximum atomic E-state index is 13.7. The lowest BCUT2D eigenvalue weighted by Gasteiger charge is -2.28. The van der Waals surface area contributed by atoms with Gasteiger partial charge in [0.05, 0.1) is 11.8 Å². The summed E-state index contributed by atoms with van der Waals surface area (Å²) in [5, 5.41) is 3.73. The van der Waals surface area contributed by atoms with E-state index in [1.54, 1.807) is 55.5 Å². The molecule has 0 saturated heterocycles. The molecule has 1 N–H and O–H groups in total. The molecule has 0 aromatic heterocycles. The first-order valence-corrected chi connectivity index (χ1v) is 14.2. The van der Waals surface area contributed by atoms with Gasteiger partial charge < -0.3 is 5.32 Å². The number of allylic oxidation sites excluding steroid dienone is 4. The van der Waals surface area contributed by atoms with E-state index in [0.717, 1.165) is 22.9 Å². The molecule has 3 aromatic carbocycles. The van der Waals surface area contributed by atoms with Crippen LogP contribution >= 0.6 is 23.4 Å². The Bertz CT molecular complexity index is 1510. The minimum Gasteiger partial charge on any atom is -0.344 e. The summed E-state index contributed by atoms with van der Waals surface area (Å²) < 4.78 is 0. The zero-order chi connectivity index (χ0) is 29.2. The van der Waals surface area contributed by atoms with Crippen molar-refractivity contribution in [3.8, 4) is 0 Å². The summed E-state index contributed by atoms with van der Waals surface area (Å²) in [6.45, 7) is 5.47. The fraction of sp³-hybridized carbons (Fsp3) is 0.0909.